The van der Waals surface area contributed by atoms with Crippen LogP contribution in [0.5, 0.6) is 5.88 Å². The lowest BCUT2D eigenvalue weighted by atomic mass is 10.2. The van der Waals surface area contributed by atoms with Gasteiger partial charge in [-0.2, -0.15) is 4.98 Å². The molecule has 0 saturated carbocycles. The van der Waals surface area contributed by atoms with Crippen molar-refractivity contribution in [3.8, 4) is 5.88 Å². The van der Waals surface area contributed by atoms with Crippen molar-refractivity contribution >= 4 is 11.5 Å². The normalized spacial score (nSPS) is 17.6. The lowest BCUT2D eigenvalue weighted by Gasteiger charge is -2.16. The summed E-state index contributed by atoms with van der Waals surface area (Å²) in [6.07, 6.45) is 4.04. The van der Waals surface area contributed by atoms with Gasteiger partial charge in [-0.05, 0) is 19.3 Å². The van der Waals surface area contributed by atoms with Crippen LogP contribution in [0.25, 0.3) is 0 Å². The molecule has 1 atom stereocenters. The molecule has 1 fully saturated rings. The molecule has 1 aliphatic rings. The zero-order chi connectivity index (χ0) is 15.8. The highest BCUT2D eigenvalue weighted by atomic mass is 16.5. The molecule has 1 aromatic rings. The average molecular weight is 310 g/mol. The smallest absolute Gasteiger partial charge is 0.243 e. The van der Waals surface area contributed by atoms with E-state index >= 15 is 0 Å². The molecule has 0 bridgehead atoms. The van der Waals surface area contributed by atoms with Crippen LogP contribution in [0, 0.1) is 0 Å². The predicted octanol–water partition coefficient (Wildman–Crippen LogP) is 2.15. The molecule has 2 rings (SSSR count). The molecular formula is C15H26N4O3. The van der Waals surface area contributed by atoms with E-state index in [0.29, 0.717) is 36.4 Å². The third kappa shape index (κ3) is 4.45. The van der Waals surface area contributed by atoms with Crippen LogP contribution >= 0.6 is 0 Å². The van der Waals surface area contributed by atoms with Gasteiger partial charge in [0.2, 0.25) is 5.88 Å². The Morgan fingerprint density at radius 1 is 1.36 bits per heavy atom. The second kappa shape index (κ2) is 8.75. The number of ether oxygens (including phenoxy) is 3. The van der Waals surface area contributed by atoms with E-state index in [1.807, 2.05) is 0 Å². The van der Waals surface area contributed by atoms with E-state index in [2.05, 4.69) is 22.2 Å². The van der Waals surface area contributed by atoms with E-state index < -0.39 is 0 Å². The number of unbranched alkanes of at least 4 members (excludes halogenated alkanes) is 1. The molecule has 1 saturated heterocycles. The Kier molecular flexibility index (Phi) is 6.67. The summed E-state index contributed by atoms with van der Waals surface area (Å²) < 4.78 is 16.3. The van der Waals surface area contributed by atoms with Crippen molar-refractivity contribution in [3.05, 3.63) is 5.82 Å². The number of rotatable bonds is 9. The SMILES string of the molecule is CCCCNc1nc(C2CCCO2)nc(OCCOC)c1N. The van der Waals surface area contributed by atoms with Gasteiger partial charge in [-0.15, -0.1) is 0 Å². The quantitative estimate of drug-likeness (QED) is 0.675. The van der Waals surface area contributed by atoms with Gasteiger partial charge in [-0.1, -0.05) is 13.3 Å². The summed E-state index contributed by atoms with van der Waals surface area (Å²) in [6, 6.07) is 0. The first-order valence-electron chi connectivity index (χ1n) is 7.90. The monoisotopic (exact) mass is 310 g/mol. The summed E-state index contributed by atoms with van der Waals surface area (Å²) >= 11 is 0. The van der Waals surface area contributed by atoms with Crippen LogP contribution in [0.15, 0.2) is 0 Å². The highest BCUT2D eigenvalue weighted by Crippen LogP contribution is 2.32. The summed E-state index contributed by atoms with van der Waals surface area (Å²) in [4.78, 5) is 8.97. The fraction of sp³-hybridized carbons (Fsp3) is 0.733. The average Bonchev–Trinajstić information content (AvgIpc) is 3.05. The molecule has 1 aromatic heterocycles. The minimum absolute atomic E-state index is 0.0721. The zero-order valence-electron chi connectivity index (χ0n) is 13.4. The molecule has 0 spiro atoms. The summed E-state index contributed by atoms with van der Waals surface area (Å²) in [6.45, 7) is 4.59. The molecule has 0 aliphatic carbocycles. The summed E-state index contributed by atoms with van der Waals surface area (Å²) in [7, 11) is 1.63. The number of nitrogens with two attached hydrogens (primary N) is 1. The number of hydrogen-bond donors (Lipinski definition) is 2. The van der Waals surface area contributed by atoms with Crippen LogP contribution in [-0.4, -0.2) is 43.4 Å². The van der Waals surface area contributed by atoms with Crippen LogP contribution in [-0.2, 0) is 9.47 Å². The van der Waals surface area contributed by atoms with E-state index in [-0.39, 0.29) is 6.10 Å². The van der Waals surface area contributed by atoms with Gasteiger partial charge in [0, 0.05) is 20.3 Å². The lowest BCUT2D eigenvalue weighted by Crippen LogP contribution is -2.15. The predicted molar refractivity (Wildman–Crippen MR) is 85.1 cm³/mol. The van der Waals surface area contributed by atoms with Gasteiger partial charge in [0.25, 0.3) is 0 Å². The Hall–Kier alpha value is -1.60. The Morgan fingerprint density at radius 3 is 2.91 bits per heavy atom. The Morgan fingerprint density at radius 2 is 2.23 bits per heavy atom. The van der Waals surface area contributed by atoms with E-state index in [0.717, 1.165) is 38.8 Å². The Bertz CT molecular complexity index is 433. The van der Waals surface area contributed by atoms with E-state index in [4.69, 9.17) is 19.9 Å². The molecule has 1 aliphatic heterocycles. The molecular weight excluding hydrogens is 284 g/mol. The zero-order valence-corrected chi connectivity index (χ0v) is 13.4. The van der Waals surface area contributed by atoms with Crippen LogP contribution in [0.4, 0.5) is 11.5 Å². The number of hydrogen-bond acceptors (Lipinski definition) is 7. The Balaban J connectivity index is 2.17. The van der Waals surface area contributed by atoms with Crippen molar-refractivity contribution in [1.82, 2.24) is 9.97 Å². The van der Waals surface area contributed by atoms with Crippen LogP contribution in [0.2, 0.25) is 0 Å². The minimum atomic E-state index is -0.0721. The van der Waals surface area contributed by atoms with Crippen LogP contribution < -0.4 is 15.8 Å². The second-order valence-electron chi connectivity index (χ2n) is 5.27. The van der Waals surface area contributed by atoms with Gasteiger partial charge >= 0.3 is 0 Å². The van der Waals surface area contributed by atoms with Crippen molar-refractivity contribution in [1.29, 1.82) is 0 Å². The maximum Gasteiger partial charge on any atom is 0.243 e. The molecule has 0 amide bonds. The number of nitrogens with one attached hydrogen (secondary N) is 1. The maximum atomic E-state index is 6.12. The molecule has 7 nitrogen and oxygen atoms in total. The second-order valence-corrected chi connectivity index (χ2v) is 5.27. The van der Waals surface area contributed by atoms with Crippen molar-refractivity contribution in [3.63, 3.8) is 0 Å². The van der Waals surface area contributed by atoms with Gasteiger partial charge < -0.3 is 25.3 Å². The number of aromatic nitrogens is 2. The molecule has 0 radical (unpaired) electrons. The van der Waals surface area contributed by atoms with Crippen molar-refractivity contribution < 1.29 is 14.2 Å². The van der Waals surface area contributed by atoms with Crippen molar-refractivity contribution in [2.45, 2.75) is 38.7 Å². The first-order valence-corrected chi connectivity index (χ1v) is 7.90. The van der Waals surface area contributed by atoms with Gasteiger partial charge in [0.05, 0.1) is 6.61 Å². The van der Waals surface area contributed by atoms with Gasteiger partial charge in [0.1, 0.15) is 18.4 Å². The first-order chi connectivity index (χ1) is 10.8. The van der Waals surface area contributed by atoms with E-state index in [9.17, 15) is 0 Å². The molecule has 3 N–H and O–H groups in total. The molecule has 2 heterocycles. The maximum absolute atomic E-state index is 6.12. The fourth-order valence-corrected chi connectivity index (χ4v) is 2.24. The summed E-state index contributed by atoms with van der Waals surface area (Å²) in [5.41, 5.74) is 6.56. The van der Waals surface area contributed by atoms with Gasteiger partial charge in [-0.3, -0.25) is 0 Å². The third-order valence-electron chi connectivity index (χ3n) is 3.49. The molecule has 1 unspecified atom stereocenters. The number of nitrogen functional groups attached to an aromatic ring is 1. The molecule has 7 heteroatoms. The fourth-order valence-electron chi connectivity index (χ4n) is 2.24. The third-order valence-corrected chi connectivity index (χ3v) is 3.49. The lowest BCUT2D eigenvalue weighted by molar-refractivity contribution is 0.103. The summed E-state index contributed by atoms with van der Waals surface area (Å²) in [5, 5.41) is 3.27. The van der Waals surface area contributed by atoms with Crippen LogP contribution in [0.1, 0.15) is 44.5 Å². The topological polar surface area (TPSA) is 91.5 Å². The number of anilines is 2. The number of methoxy groups -OCH3 is 1. The molecule has 0 aromatic carbocycles. The molecule has 22 heavy (non-hydrogen) atoms. The van der Waals surface area contributed by atoms with Gasteiger partial charge in [-0.25, -0.2) is 4.98 Å². The Labute approximate surface area is 131 Å². The highest BCUT2D eigenvalue weighted by molar-refractivity contribution is 5.67. The van der Waals surface area contributed by atoms with Gasteiger partial charge in [0.15, 0.2) is 11.6 Å². The first kappa shape index (κ1) is 16.8. The molecule has 124 valence electrons. The van der Waals surface area contributed by atoms with E-state index in [1.54, 1.807) is 7.11 Å². The van der Waals surface area contributed by atoms with Crippen molar-refractivity contribution in [2.75, 3.05) is 44.5 Å². The largest absolute Gasteiger partial charge is 0.474 e. The van der Waals surface area contributed by atoms with Crippen molar-refractivity contribution in [2.24, 2.45) is 0 Å². The standard InChI is InChI=1S/C15H26N4O3/c1-3-4-7-17-14-12(16)15(22-10-9-20-2)19-13(18-14)11-6-5-8-21-11/h11H,3-10,16H2,1-2H3,(H,17,18,19). The minimum Gasteiger partial charge on any atom is -0.474 e. The number of nitrogens with zero attached hydrogens (tertiary/aromatic N) is 2. The highest BCUT2D eigenvalue weighted by Gasteiger charge is 2.23. The van der Waals surface area contributed by atoms with Crippen LogP contribution in [0.3, 0.4) is 0 Å². The summed E-state index contributed by atoms with van der Waals surface area (Å²) in [5.74, 6) is 1.66. The van der Waals surface area contributed by atoms with E-state index in [1.165, 1.54) is 0 Å².